The molecule has 2 aliphatic rings. The summed E-state index contributed by atoms with van der Waals surface area (Å²) in [5, 5.41) is 3.12. The lowest BCUT2D eigenvalue weighted by molar-refractivity contribution is 0.0945. The van der Waals surface area contributed by atoms with Crippen LogP contribution < -0.4 is 10.2 Å². The van der Waals surface area contributed by atoms with Gasteiger partial charge in [-0.1, -0.05) is 30.3 Å². The second kappa shape index (κ2) is 6.03. The van der Waals surface area contributed by atoms with E-state index >= 15 is 0 Å². The van der Waals surface area contributed by atoms with Crippen LogP contribution in [0.1, 0.15) is 41.2 Å². The molecule has 23 heavy (non-hydrogen) atoms. The number of hydrogen-bond donors (Lipinski definition) is 1. The van der Waals surface area contributed by atoms with E-state index in [-0.39, 0.29) is 11.9 Å². The van der Waals surface area contributed by atoms with Gasteiger partial charge >= 0.3 is 0 Å². The van der Waals surface area contributed by atoms with E-state index in [1.807, 2.05) is 30.3 Å². The Bertz CT molecular complexity index is 695. The molecule has 1 aromatic carbocycles. The standard InChI is InChI=1S/C19H21N3O/c23-19(21-17-13-16(17)14-6-2-1-3-7-14)18-12-15(8-9-20-18)22-10-4-5-11-22/h1-3,6-9,12,16-17H,4-5,10-11,13H2,(H,21,23)/t16-,17+/m0/s1. The molecular formula is C19H21N3O. The van der Waals surface area contributed by atoms with Crippen molar-refractivity contribution in [2.45, 2.75) is 31.2 Å². The van der Waals surface area contributed by atoms with Crippen molar-refractivity contribution < 1.29 is 4.79 Å². The Labute approximate surface area is 136 Å². The average Bonchev–Trinajstić information content (AvgIpc) is 3.14. The molecule has 0 bridgehead atoms. The fraction of sp³-hybridized carbons (Fsp3) is 0.368. The quantitative estimate of drug-likeness (QED) is 0.944. The van der Waals surface area contributed by atoms with Gasteiger partial charge in [-0.05, 0) is 37.0 Å². The number of carbonyl (C=O) groups is 1. The van der Waals surface area contributed by atoms with Crippen molar-refractivity contribution in [3.63, 3.8) is 0 Å². The maximum atomic E-state index is 12.4. The Morgan fingerprint density at radius 2 is 1.91 bits per heavy atom. The normalized spacial score (nSPS) is 22.9. The smallest absolute Gasteiger partial charge is 0.270 e. The van der Waals surface area contributed by atoms with Gasteiger partial charge in [-0.2, -0.15) is 0 Å². The summed E-state index contributed by atoms with van der Waals surface area (Å²) >= 11 is 0. The van der Waals surface area contributed by atoms with E-state index in [9.17, 15) is 4.79 Å². The van der Waals surface area contributed by atoms with E-state index in [2.05, 4.69) is 27.3 Å². The Balaban J connectivity index is 1.41. The summed E-state index contributed by atoms with van der Waals surface area (Å²) in [5.41, 5.74) is 2.93. The monoisotopic (exact) mass is 307 g/mol. The molecular weight excluding hydrogens is 286 g/mol. The van der Waals surface area contributed by atoms with Gasteiger partial charge in [0.05, 0.1) is 0 Å². The van der Waals surface area contributed by atoms with Gasteiger partial charge in [-0.15, -0.1) is 0 Å². The third-order valence-electron chi connectivity index (χ3n) is 4.78. The van der Waals surface area contributed by atoms with Crippen LogP contribution in [0.3, 0.4) is 0 Å². The Kier molecular flexibility index (Phi) is 3.74. The zero-order chi connectivity index (χ0) is 15.6. The number of anilines is 1. The maximum Gasteiger partial charge on any atom is 0.270 e. The van der Waals surface area contributed by atoms with Crippen molar-refractivity contribution in [3.8, 4) is 0 Å². The van der Waals surface area contributed by atoms with Gasteiger partial charge in [0.15, 0.2) is 0 Å². The number of amides is 1. The minimum atomic E-state index is -0.0607. The predicted octanol–water partition coefficient (Wildman–Crippen LogP) is 2.97. The van der Waals surface area contributed by atoms with Crippen molar-refractivity contribution >= 4 is 11.6 Å². The lowest BCUT2D eigenvalue weighted by Crippen LogP contribution is -2.28. The third kappa shape index (κ3) is 3.07. The largest absolute Gasteiger partial charge is 0.371 e. The summed E-state index contributed by atoms with van der Waals surface area (Å²) in [6, 6.07) is 14.5. The number of benzene rings is 1. The summed E-state index contributed by atoms with van der Waals surface area (Å²) in [6.07, 6.45) is 5.21. The van der Waals surface area contributed by atoms with E-state index in [1.165, 1.54) is 18.4 Å². The average molecular weight is 307 g/mol. The van der Waals surface area contributed by atoms with Crippen LogP contribution in [0.4, 0.5) is 5.69 Å². The van der Waals surface area contributed by atoms with Crippen molar-refractivity contribution in [1.82, 2.24) is 10.3 Å². The Morgan fingerprint density at radius 3 is 2.70 bits per heavy atom. The molecule has 4 heteroatoms. The van der Waals surface area contributed by atoms with E-state index in [0.717, 1.165) is 25.2 Å². The van der Waals surface area contributed by atoms with Crippen LogP contribution in [-0.2, 0) is 0 Å². The summed E-state index contributed by atoms with van der Waals surface area (Å²) < 4.78 is 0. The van der Waals surface area contributed by atoms with Crippen LogP contribution >= 0.6 is 0 Å². The molecule has 1 aliphatic heterocycles. The molecule has 1 N–H and O–H groups in total. The van der Waals surface area contributed by atoms with E-state index in [1.54, 1.807) is 6.20 Å². The highest BCUT2D eigenvalue weighted by atomic mass is 16.2. The molecule has 1 saturated carbocycles. The van der Waals surface area contributed by atoms with Crippen molar-refractivity contribution in [2.24, 2.45) is 0 Å². The molecule has 1 saturated heterocycles. The second-order valence-electron chi connectivity index (χ2n) is 6.43. The van der Waals surface area contributed by atoms with Crippen molar-refractivity contribution in [2.75, 3.05) is 18.0 Å². The van der Waals surface area contributed by atoms with Crippen LogP contribution in [0.15, 0.2) is 48.7 Å². The van der Waals surface area contributed by atoms with Gasteiger partial charge in [0.2, 0.25) is 0 Å². The first-order chi connectivity index (χ1) is 11.3. The van der Waals surface area contributed by atoms with Gasteiger partial charge in [0.25, 0.3) is 5.91 Å². The summed E-state index contributed by atoms with van der Waals surface area (Å²) in [4.78, 5) is 19.0. The Hall–Kier alpha value is -2.36. The number of nitrogens with zero attached hydrogens (tertiary/aromatic N) is 2. The highest BCUT2D eigenvalue weighted by Gasteiger charge is 2.39. The number of nitrogens with one attached hydrogen (secondary N) is 1. The number of rotatable bonds is 4. The van der Waals surface area contributed by atoms with Gasteiger partial charge in [-0.25, -0.2) is 0 Å². The predicted molar refractivity (Wildman–Crippen MR) is 90.7 cm³/mol. The molecule has 4 nitrogen and oxygen atoms in total. The molecule has 118 valence electrons. The Morgan fingerprint density at radius 1 is 1.13 bits per heavy atom. The van der Waals surface area contributed by atoms with Gasteiger partial charge in [0, 0.05) is 36.9 Å². The molecule has 0 spiro atoms. The maximum absolute atomic E-state index is 12.4. The van der Waals surface area contributed by atoms with E-state index in [0.29, 0.717) is 11.6 Å². The summed E-state index contributed by atoms with van der Waals surface area (Å²) in [7, 11) is 0. The fourth-order valence-corrected chi connectivity index (χ4v) is 3.38. The zero-order valence-electron chi connectivity index (χ0n) is 13.1. The number of pyridine rings is 1. The van der Waals surface area contributed by atoms with E-state index < -0.39 is 0 Å². The number of carbonyl (C=O) groups excluding carboxylic acids is 1. The van der Waals surface area contributed by atoms with Crippen LogP contribution in [-0.4, -0.2) is 30.0 Å². The molecule has 2 aromatic rings. The lowest BCUT2D eigenvalue weighted by Gasteiger charge is -2.17. The van der Waals surface area contributed by atoms with Crippen LogP contribution in [0.25, 0.3) is 0 Å². The molecule has 0 radical (unpaired) electrons. The van der Waals surface area contributed by atoms with E-state index in [4.69, 9.17) is 0 Å². The SMILES string of the molecule is O=C(N[C@@H]1C[C@H]1c1ccccc1)c1cc(N2CCCC2)ccn1. The summed E-state index contributed by atoms with van der Waals surface area (Å²) in [6.45, 7) is 2.15. The molecule has 4 rings (SSSR count). The lowest BCUT2D eigenvalue weighted by atomic mass is 10.1. The molecule has 0 unspecified atom stereocenters. The van der Waals surface area contributed by atoms with Crippen LogP contribution in [0.5, 0.6) is 0 Å². The van der Waals surface area contributed by atoms with Crippen LogP contribution in [0, 0.1) is 0 Å². The van der Waals surface area contributed by atoms with Gasteiger partial charge in [-0.3, -0.25) is 9.78 Å². The van der Waals surface area contributed by atoms with Crippen molar-refractivity contribution in [1.29, 1.82) is 0 Å². The van der Waals surface area contributed by atoms with Crippen LogP contribution in [0.2, 0.25) is 0 Å². The highest BCUT2D eigenvalue weighted by Crippen LogP contribution is 2.40. The molecule has 1 amide bonds. The first-order valence-corrected chi connectivity index (χ1v) is 8.38. The second-order valence-corrected chi connectivity index (χ2v) is 6.43. The molecule has 2 atom stereocenters. The molecule has 1 aliphatic carbocycles. The molecule has 2 fully saturated rings. The van der Waals surface area contributed by atoms with Crippen molar-refractivity contribution in [3.05, 3.63) is 59.9 Å². The van der Waals surface area contributed by atoms with Gasteiger partial charge in [0.1, 0.15) is 5.69 Å². The topological polar surface area (TPSA) is 45.2 Å². The minimum Gasteiger partial charge on any atom is -0.371 e. The first kappa shape index (κ1) is 14.2. The first-order valence-electron chi connectivity index (χ1n) is 8.38. The summed E-state index contributed by atoms with van der Waals surface area (Å²) in [5.74, 6) is 0.386. The number of aromatic nitrogens is 1. The molecule has 2 heterocycles. The fourth-order valence-electron chi connectivity index (χ4n) is 3.38. The zero-order valence-corrected chi connectivity index (χ0v) is 13.1. The van der Waals surface area contributed by atoms with Gasteiger partial charge < -0.3 is 10.2 Å². The number of hydrogen-bond acceptors (Lipinski definition) is 3. The molecule has 1 aromatic heterocycles. The third-order valence-corrected chi connectivity index (χ3v) is 4.78. The minimum absolute atomic E-state index is 0.0607. The highest BCUT2D eigenvalue weighted by molar-refractivity contribution is 5.93.